The maximum Gasteiger partial charge on any atom is 0.412 e. The first-order valence-electron chi connectivity index (χ1n) is 9.36. The molecule has 0 spiro atoms. The number of amides is 2. The largest absolute Gasteiger partial charge is 0.444 e. The topological polar surface area (TPSA) is 111 Å². The number of nitro benzene ring substituents is 1. The summed E-state index contributed by atoms with van der Waals surface area (Å²) in [6, 6.07) is 14.4. The second kappa shape index (κ2) is 8.97. The van der Waals surface area contributed by atoms with Crippen LogP contribution in [0.4, 0.5) is 21.9 Å². The summed E-state index contributed by atoms with van der Waals surface area (Å²) in [5.41, 5.74) is 1.07. The van der Waals surface area contributed by atoms with Gasteiger partial charge in [0.1, 0.15) is 5.60 Å². The van der Waals surface area contributed by atoms with Crippen LogP contribution in [0, 0.1) is 10.1 Å². The van der Waals surface area contributed by atoms with Gasteiger partial charge in [0.25, 0.3) is 11.6 Å². The van der Waals surface area contributed by atoms with Gasteiger partial charge in [-0.3, -0.25) is 20.2 Å². The number of thiophene rings is 1. The molecule has 2 amide bonds. The van der Waals surface area contributed by atoms with Gasteiger partial charge < -0.3 is 10.1 Å². The first-order chi connectivity index (χ1) is 14.6. The van der Waals surface area contributed by atoms with Gasteiger partial charge in [0.05, 0.1) is 16.3 Å². The van der Waals surface area contributed by atoms with Gasteiger partial charge in [0.2, 0.25) is 0 Å². The van der Waals surface area contributed by atoms with Gasteiger partial charge in [-0.1, -0.05) is 12.1 Å². The molecule has 0 fully saturated rings. The summed E-state index contributed by atoms with van der Waals surface area (Å²) in [4.78, 5) is 36.3. The maximum atomic E-state index is 12.7. The lowest BCUT2D eigenvalue weighted by molar-refractivity contribution is -0.384. The Bertz CT molecular complexity index is 1100. The van der Waals surface area contributed by atoms with E-state index in [1.807, 2.05) is 23.6 Å². The Balaban J connectivity index is 1.89. The zero-order valence-electron chi connectivity index (χ0n) is 17.2. The van der Waals surface area contributed by atoms with Crippen molar-refractivity contribution >= 4 is 40.4 Å². The lowest BCUT2D eigenvalue weighted by Crippen LogP contribution is -2.27. The zero-order chi connectivity index (χ0) is 22.6. The molecule has 0 saturated heterocycles. The molecule has 160 valence electrons. The molecule has 0 atom stereocenters. The van der Waals surface area contributed by atoms with Crippen molar-refractivity contribution < 1.29 is 19.2 Å². The highest BCUT2D eigenvalue weighted by Gasteiger charge is 2.19. The van der Waals surface area contributed by atoms with Gasteiger partial charge in [-0.15, -0.1) is 11.3 Å². The van der Waals surface area contributed by atoms with Crippen molar-refractivity contribution in [3.05, 3.63) is 75.7 Å². The number of hydrogen-bond acceptors (Lipinski definition) is 6. The zero-order valence-corrected chi connectivity index (χ0v) is 18.0. The molecule has 3 aromatic rings. The van der Waals surface area contributed by atoms with E-state index in [1.165, 1.54) is 24.3 Å². The van der Waals surface area contributed by atoms with Gasteiger partial charge in [-0.05, 0) is 62.0 Å². The fraction of sp³-hybridized carbons (Fsp3) is 0.182. The van der Waals surface area contributed by atoms with E-state index in [-0.39, 0.29) is 11.3 Å². The van der Waals surface area contributed by atoms with Crippen LogP contribution in [-0.4, -0.2) is 22.5 Å². The van der Waals surface area contributed by atoms with Gasteiger partial charge in [-0.2, -0.15) is 0 Å². The van der Waals surface area contributed by atoms with Crippen molar-refractivity contribution in [3.63, 3.8) is 0 Å². The molecule has 0 aliphatic rings. The van der Waals surface area contributed by atoms with Crippen molar-refractivity contribution in [2.75, 3.05) is 10.6 Å². The van der Waals surface area contributed by atoms with Crippen molar-refractivity contribution in [1.29, 1.82) is 0 Å². The summed E-state index contributed by atoms with van der Waals surface area (Å²) >= 11 is 1.54. The number of carbonyl (C=O) groups is 2. The van der Waals surface area contributed by atoms with Crippen LogP contribution >= 0.6 is 11.3 Å². The first-order valence-corrected chi connectivity index (χ1v) is 10.2. The van der Waals surface area contributed by atoms with Crippen molar-refractivity contribution in [3.8, 4) is 10.4 Å². The molecule has 0 unspecified atom stereocenters. The van der Waals surface area contributed by atoms with Gasteiger partial charge in [0.15, 0.2) is 0 Å². The molecular formula is C22H21N3O5S. The third-order valence-corrected chi connectivity index (χ3v) is 4.97. The maximum absolute atomic E-state index is 12.7. The van der Waals surface area contributed by atoms with Crippen LogP contribution in [0.5, 0.6) is 0 Å². The van der Waals surface area contributed by atoms with Crippen LogP contribution in [-0.2, 0) is 4.74 Å². The monoisotopic (exact) mass is 439 g/mol. The fourth-order valence-electron chi connectivity index (χ4n) is 2.70. The van der Waals surface area contributed by atoms with E-state index < -0.39 is 22.5 Å². The Kier molecular flexibility index (Phi) is 6.36. The highest BCUT2D eigenvalue weighted by atomic mass is 32.1. The van der Waals surface area contributed by atoms with E-state index in [4.69, 9.17) is 4.74 Å². The number of carbonyl (C=O) groups excluding carboxylic acids is 2. The summed E-state index contributed by atoms with van der Waals surface area (Å²) in [6.07, 6.45) is -0.651. The number of anilines is 2. The minimum absolute atomic E-state index is 0.108. The smallest absolute Gasteiger partial charge is 0.412 e. The van der Waals surface area contributed by atoms with Crippen LogP contribution < -0.4 is 10.6 Å². The first kappa shape index (κ1) is 22.0. The molecule has 0 aliphatic heterocycles. The Morgan fingerprint density at radius 1 is 1.00 bits per heavy atom. The predicted octanol–water partition coefficient (Wildman–Crippen LogP) is 5.92. The van der Waals surface area contributed by atoms with Gasteiger partial charge in [-0.25, -0.2) is 4.79 Å². The van der Waals surface area contributed by atoms with Crippen LogP contribution in [0.1, 0.15) is 31.1 Å². The lowest BCUT2D eigenvalue weighted by atomic mass is 10.1. The Labute approximate surface area is 183 Å². The fourth-order valence-corrected chi connectivity index (χ4v) is 3.42. The van der Waals surface area contributed by atoms with E-state index in [1.54, 1.807) is 44.2 Å². The molecule has 2 aromatic carbocycles. The number of hydrogen-bond donors (Lipinski definition) is 2. The standard InChI is InChI=1S/C22H21N3O5S/c1-22(2,3)30-21(27)24-17-11-8-15(19-5-4-12-31-19)13-18(17)23-20(26)14-6-9-16(10-7-14)25(28)29/h4-13H,1-3H3,(H,23,26)(H,24,27). The quantitative estimate of drug-likeness (QED) is 0.378. The number of non-ortho nitro benzene ring substituents is 1. The number of ether oxygens (including phenoxy) is 1. The van der Waals surface area contributed by atoms with Crippen molar-refractivity contribution in [2.45, 2.75) is 26.4 Å². The third-order valence-electron chi connectivity index (χ3n) is 4.05. The second-order valence-corrected chi connectivity index (χ2v) is 8.57. The number of benzene rings is 2. The molecule has 0 radical (unpaired) electrons. The number of nitrogens with one attached hydrogen (secondary N) is 2. The molecule has 2 N–H and O–H groups in total. The summed E-state index contributed by atoms with van der Waals surface area (Å²) < 4.78 is 5.30. The molecule has 8 nitrogen and oxygen atoms in total. The normalized spacial score (nSPS) is 10.9. The molecule has 0 aliphatic carbocycles. The summed E-state index contributed by atoms with van der Waals surface area (Å²) in [6.45, 7) is 5.26. The summed E-state index contributed by atoms with van der Waals surface area (Å²) in [5.74, 6) is -0.467. The molecular weight excluding hydrogens is 418 g/mol. The summed E-state index contributed by atoms with van der Waals surface area (Å²) in [7, 11) is 0. The third kappa shape index (κ3) is 5.89. The van der Waals surface area contributed by atoms with E-state index in [0.717, 1.165) is 10.4 Å². The Morgan fingerprint density at radius 2 is 1.71 bits per heavy atom. The van der Waals surface area contributed by atoms with Crippen molar-refractivity contribution in [2.24, 2.45) is 0 Å². The minimum Gasteiger partial charge on any atom is -0.444 e. The highest BCUT2D eigenvalue weighted by molar-refractivity contribution is 7.13. The Morgan fingerprint density at radius 3 is 2.29 bits per heavy atom. The second-order valence-electron chi connectivity index (χ2n) is 7.62. The van der Waals surface area contributed by atoms with E-state index in [2.05, 4.69) is 10.6 Å². The Hall–Kier alpha value is -3.72. The molecule has 9 heteroatoms. The summed E-state index contributed by atoms with van der Waals surface area (Å²) in [5, 5.41) is 18.2. The van der Waals surface area contributed by atoms with E-state index >= 15 is 0 Å². The average Bonchev–Trinajstić information content (AvgIpc) is 3.22. The molecule has 1 aromatic heterocycles. The van der Waals surface area contributed by atoms with E-state index in [0.29, 0.717) is 11.4 Å². The van der Waals surface area contributed by atoms with Gasteiger partial charge >= 0.3 is 6.09 Å². The van der Waals surface area contributed by atoms with Crippen LogP contribution in [0.3, 0.4) is 0 Å². The molecule has 31 heavy (non-hydrogen) atoms. The molecule has 0 saturated carbocycles. The molecule has 1 heterocycles. The molecule has 3 rings (SSSR count). The van der Waals surface area contributed by atoms with Crippen molar-refractivity contribution in [1.82, 2.24) is 0 Å². The van der Waals surface area contributed by atoms with Crippen LogP contribution in [0.2, 0.25) is 0 Å². The number of nitro groups is 1. The van der Waals surface area contributed by atoms with Crippen LogP contribution in [0.15, 0.2) is 60.0 Å². The lowest BCUT2D eigenvalue weighted by Gasteiger charge is -2.21. The number of nitrogens with zero attached hydrogens (tertiary/aromatic N) is 1. The minimum atomic E-state index is -0.677. The SMILES string of the molecule is CC(C)(C)OC(=O)Nc1ccc(-c2cccs2)cc1NC(=O)c1ccc([N+](=O)[O-])cc1. The highest BCUT2D eigenvalue weighted by Crippen LogP contribution is 2.32. The number of rotatable bonds is 5. The average molecular weight is 439 g/mol. The molecule has 0 bridgehead atoms. The predicted molar refractivity (Wildman–Crippen MR) is 121 cm³/mol. The van der Waals surface area contributed by atoms with Crippen LogP contribution in [0.25, 0.3) is 10.4 Å². The van der Waals surface area contributed by atoms with Gasteiger partial charge in [0, 0.05) is 22.6 Å². The van der Waals surface area contributed by atoms with E-state index in [9.17, 15) is 19.7 Å².